The number of benzene rings is 7. The molecule has 0 N–H and O–H groups in total. The van der Waals surface area contributed by atoms with Gasteiger partial charge in [-0.3, -0.25) is 0 Å². The monoisotopic (exact) mass is 622 g/mol. The quantitative estimate of drug-likeness (QED) is 0.183. The van der Waals surface area contributed by atoms with Crippen molar-refractivity contribution in [1.29, 1.82) is 0 Å². The van der Waals surface area contributed by atoms with Crippen LogP contribution in [0.2, 0.25) is 0 Å². The summed E-state index contributed by atoms with van der Waals surface area (Å²) in [5, 5.41) is 7.13. The van der Waals surface area contributed by atoms with Crippen LogP contribution in [-0.2, 0) is 9.31 Å². The number of furan rings is 1. The lowest BCUT2D eigenvalue weighted by atomic mass is 9.77. The summed E-state index contributed by atoms with van der Waals surface area (Å²) in [6.45, 7) is 8.38. The molecule has 4 heteroatoms. The highest BCUT2D eigenvalue weighted by Crippen LogP contribution is 2.41. The lowest BCUT2D eigenvalue weighted by Crippen LogP contribution is -2.41. The van der Waals surface area contributed by atoms with Gasteiger partial charge >= 0.3 is 7.12 Å². The van der Waals surface area contributed by atoms with Gasteiger partial charge in [-0.25, -0.2) is 0 Å². The fourth-order valence-corrected chi connectivity index (χ4v) is 7.15. The Hall–Kier alpha value is -5.16. The number of para-hydroxylation sites is 1. The van der Waals surface area contributed by atoms with E-state index in [0.717, 1.165) is 44.1 Å². The molecule has 0 bridgehead atoms. The average molecular weight is 623 g/mol. The number of rotatable bonds is 4. The standard InChI is InChI=1S/C44H35BO3/c1-43(2)44(3,4)48-45(47-43)34-14-9-13-29(24-34)33-23-30-19-20-31(36-17-10-12-28-11-5-6-15-35(28)36)25-38(30)39(27-33)32-21-22-42-40(26-32)37-16-7-8-18-41(37)46-42/h5-27H,1-4H3. The highest BCUT2D eigenvalue weighted by molar-refractivity contribution is 6.62. The minimum atomic E-state index is -0.421. The van der Waals surface area contributed by atoms with Crippen molar-refractivity contribution in [2.24, 2.45) is 0 Å². The zero-order valence-electron chi connectivity index (χ0n) is 27.6. The summed E-state index contributed by atoms with van der Waals surface area (Å²) in [4.78, 5) is 0. The molecule has 0 spiro atoms. The van der Waals surface area contributed by atoms with Crippen LogP contribution in [0.3, 0.4) is 0 Å². The van der Waals surface area contributed by atoms with E-state index in [1.54, 1.807) is 0 Å². The maximum atomic E-state index is 6.43. The zero-order chi connectivity index (χ0) is 32.6. The minimum Gasteiger partial charge on any atom is -0.456 e. The third-order valence-electron chi connectivity index (χ3n) is 10.5. The predicted octanol–water partition coefficient (Wildman–Crippen LogP) is 11.2. The van der Waals surface area contributed by atoms with Crippen LogP contribution >= 0.6 is 0 Å². The largest absolute Gasteiger partial charge is 0.494 e. The van der Waals surface area contributed by atoms with Crippen LogP contribution in [0.25, 0.3) is 76.9 Å². The van der Waals surface area contributed by atoms with Crippen LogP contribution in [0.4, 0.5) is 0 Å². The van der Waals surface area contributed by atoms with Crippen molar-refractivity contribution >= 4 is 56.1 Å². The lowest BCUT2D eigenvalue weighted by Gasteiger charge is -2.32. The van der Waals surface area contributed by atoms with Crippen LogP contribution in [0.1, 0.15) is 27.7 Å². The van der Waals surface area contributed by atoms with Gasteiger partial charge in [0.05, 0.1) is 11.2 Å². The first-order valence-electron chi connectivity index (χ1n) is 16.7. The van der Waals surface area contributed by atoms with Crippen molar-refractivity contribution in [2.45, 2.75) is 38.9 Å². The SMILES string of the molecule is CC1(C)OB(c2cccc(-c3cc(-c4ccc5oc6ccccc6c5c4)c4cc(-c5cccc6ccccc56)ccc4c3)c2)OC1(C)C. The van der Waals surface area contributed by atoms with Gasteiger partial charge in [-0.1, -0.05) is 103 Å². The lowest BCUT2D eigenvalue weighted by molar-refractivity contribution is 0.00578. The Kier molecular flexibility index (Phi) is 6.46. The molecule has 1 aromatic heterocycles. The summed E-state index contributed by atoms with van der Waals surface area (Å²) in [6.07, 6.45) is 0. The van der Waals surface area contributed by atoms with Gasteiger partial charge in [0.25, 0.3) is 0 Å². The second-order valence-electron chi connectivity index (χ2n) is 14.0. The smallest absolute Gasteiger partial charge is 0.456 e. The maximum absolute atomic E-state index is 6.43. The highest BCUT2D eigenvalue weighted by atomic mass is 16.7. The highest BCUT2D eigenvalue weighted by Gasteiger charge is 2.51. The van der Waals surface area contributed by atoms with Crippen LogP contribution in [-0.4, -0.2) is 18.3 Å². The van der Waals surface area contributed by atoms with E-state index in [0.29, 0.717) is 0 Å². The molecule has 0 radical (unpaired) electrons. The number of hydrogen-bond donors (Lipinski definition) is 0. The Morgan fingerprint density at radius 3 is 1.94 bits per heavy atom. The molecule has 0 aliphatic carbocycles. The molecule has 2 heterocycles. The molecule has 1 fully saturated rings. The third-order valence-corrected chi connectivity index (χ3v) is 10.5. The van der Waals surface area contributed by atoms with Crippen molar-refractivity contribution in [2.75, 3.05) is 0 Å². The topological polar surface area (TPSA) is 31.6 Å². The van der Waals surface area contributed by atoms with Gasteiger partial charge in [-0.2, -0.15) is 0 Å². The van der Waals surface area contributed by atoms with Gasteiger partial charge < -0.3 is 13.7 Å². The van der Waals surface area contributed by atoms with Gasteiger partial charge in [0.15, 0.2) is 0 Å². The Morgan fingerprint density at radius 1 is 0.417 bits per heavy atom. The van der Waals surface area contributed by atoms with Crippen LogP contribution in [0.15, 0.2) is 144 Å². The van der Waals surface area contributed by atoms with E-state index in [1.807, 2.05) is 12.1 Å². The summed E-state index contributed by atoms with van der Waals surface area (Å²) < 4.78 is 19.1. The summed E-state index contributed by atoms with van der Waals surface area (Å²) in [5.74, 6) is 0. The van der Waals surface area contributed by atoms with Gasteiger partial charge in [0.2, 0.25) is 0 Å². The Morgan fingerprint density at radius 2 is 1.08 bits per heavy atom. The van der Waals surface area contributed by atoms with E-state index < -0.39 is 18.3 Å². The minimum absolute atomic E-state index is 0.401. The second-order valence-corrected chi connectivity index (χ2v) is 14.0. The number of fused-ring (bicyclic) bond motifs is 5. The van der Waals surface area contributed by atoms with Crippen molar-refractivity contribution in [3.8, 4) is 33.4 Å². The fourth-order valence-electron chi connectivity index (χ4n) is 7.15. The summed E-state index contributed by atoms with van der Waals surface area (Å²) in [7, 11) is -0.421. The molecule has 0 amide bonds. The first kappa shape index (κ1) is 29.0. The van der Waals surface area contributed by atoms with Gasteiger partial charge in [0.1, 0.15) is 11.2 Å². The molecule has 1 saturated heterocycles. The molecule has 7 aromatic carbocycles. The molecule has 0 atom stereocenters. The molecular weight excluding hydrogens is 587 g/mol. The molecule has 48 heavy (non-hydrogen) atoms. The zero-order valence-corrected chi connectivity index (χ0v) is 27.6. The van der Waals surface area contributed by atoms with Crippen molar-refractivity contribution in [3.05, 3.63) is 140 Å². The van der Waals surface area contributed by atoms with Crippen molar-refractivity contribution in [3.63, 3.8) is 0 Å². The Labute approximate surface area is 280 Å². The van der Waals surface area contributed by atoms with Gasteiger partial charge in [-0.05, 0) is 124 Å². The van der Waals surface area contributed by atoms with Crippen molar-refractivity contribution in [1.82, 2.24) is 0 Å². The van der Waals surface area contributed by atoms with Crippen LogP contribution < -0.4 is 5.46 Å². The van der Waals surface area contributed by atoms with E-state index in [1.165, 1.54) is 38.2 Å². The normalized spacial score (nSPS) is 15.6. The molecule has 0 saturated carbocycles. The summed E-state index contributed by atoms with van der Waals surface area (Å²) in [5.41, 5.74) is 9.05. The summed E-state index contributed by atoms with van der Waals surface area (Å²) >= 11 is 0. The number of hydrogen-bond acceptors (Lipinski definition) is 3. The summed E-state index contributed by atoms with van der Waals surface area (Å²) in [6, 6.07) is 50.1. The molecular formula is C44H35BO3. The van der Waals surface area contributed by atoms with Crippen LogP contribution in [0.5, 0.6) is 0 Å². The molecule has 3 nitrogen and oxygen atoms in total. The molecule has 1 aliphatic heterocycles. The van der Waals surface area contributed by atoms with E-state index in [-0.39, 0.29) is 0 Å². The average Bonchev–Trinajstić information content (AvgIpc) is 3.59. The first-order chi connectivity index (χ1) is 23.2. The Bertz CT molecular complexity index is 2520. The van der Waals surface area contributed by atoms with E-state index in [4.69, 9.17) is 13.7 Å². The fraction of sp³-hybridized carbons (Fsp3) is 0.136. The van der Waals surface area contributed by atoms with Gasteiger partial charge in [-0.15, -0.1) is 0 Å². The Balaban J connectivity index is 1.24. The molecule has 232 valence electrons. The molecule has 9 rings (SSSR count). The maximum Gasteiger partial charge on any atom is 0.494 e. The van der Waals surface area contributed by atoms with Gasteiger partial charge in [0, 0.05) is 10.8 Å². The molecule has 1 aliphatic rings. The van der Waals surface area contributed by atoms with E-state index >= 15 is 0 Å². The third kappa shape index (κ3) is 4.67. The van der Waals surface area contributed by atoms with E-state index in [2.05, 4.69) is 155 Å². The molecule has 0 unspecified atom stereocenters. The van der Waals surface area contributed by atoms with Crippen molar-refractivity contribution < 1.29 is 13.7 Å². The van der Waals surface area contributed by atoms with Crippen LogP contribution in [0, 0.1) is 0 Å². The van der Waals surface area contributed by atoms with E-state index in [9.17, 15) is 0 Å². The first-order valence-corrected chi connectivity index (χ1v) is 16.7. The second kappa shape index (κ2) is 10.7. The molecule has 8 aromatic rings. The predicted molar refractivity (Wildman–Crippen MR) is 201 cm³/mol.